The number of ether oxygens (including phenoxy) is 1. The number of carbonyl (C=O) groups excluding carboxylic acids is 1. The highest BCUT2D eigenvalue weighted by Gasteiger charge is 2.42. The van der Waals surface area contributed by atoms with Crippen molar-refractivity contribution in [2.75, 3.05) is 18.1 Å². The monoisotopic (exact) mass is 388 g/mol. The summed E-state index contributed by atoms with van der Waals surface area (Å²) in [5.74, 6) is 2.68. The number of benzene rings is 1. The standard InChI is InChI=1S/C15H17IO2S/c16-13-3-1-2-11(8-13)14(17)12-4-6-18-15(9-12)5-7-19-10-15/h1-3,8,12H,4-7,9-10H2. The van der Waals surface area contributed by atoms with Gasteiger partial charge in [-0.15, -0.1) is 0 Å². The van der Waals surface area contributed by atoms with E-state index >= 15 is 0 Å². The fraction of sp³-hybridized carbons (Fsp3) is 0.533. The summed E-state index contributed by atoms with van der Waals surface area (Å²) < 4.78 is 7.12. The molecule has 2 fully saturated rings. The van der Waals surface area contributed by atoms with Gasteiger partial charge in [0.05, 0.1) is 5.60 Å². The predicted molar refractivity (Wildman–Crippen MR) is 86.8 cm³/mol. The molecule has 102 valence electrons. The van der Waals surface area contributed by atoms with Gasteiger partial charge in [-0.1, -0.05) is 12.1 Å². The minimum Gasteiger partial charge on any atom is -0.374 e. The Labute approximate surface area is 131 Å². The molecule has 0 aromatic heterocycles. The van der Waals surface area contributed by atoms with E-state index in [4.69, 9.17) is 4.74 Å². The first kappa shape index (κ1) is 13.9. The third kappa shape index (κ3) is 3.00. The molecule has 19 heavy (non-hydrogen) atoms. The molecule has 1 aromatic carbocycles. The van der Waals surface area contributed by atoms with Crippen molar-refractivity contribution >= 4 is 40.1 Å². The predicted octanol–water partition coefficient (Wildman–Crippen LogP) is 3.78. The SMILES string of the molecule is O=C(c1cccc(I)c1)C1CCOC2(CCSC2)C1. The summed E-state index contributed by atoms with van der Waals surface area (Å²) in [5, 5.41) is 0. The number of thioether (sulfide) groups is 1. The van der Waals surface area contributed by atoms with E-state index in [0.29, 0.717) is 5.78 Å². The second-order valence-electron chi connectivity index (χ2n) is 5.40. The number of rotatable bonds is 2. The maximum atomic E-state index is 12.6. The Morgan fingerprint density at radius 2 is 2.37 bits per heavy atom. The minimum absolute atomic E-state index is 0.00875. The Morgan fingerprint density at radius 3 is 3.11 bits per heavy atom. The molecule has 0 saturated carbocycles. The van der Waals surface area contributed by atoms with Crippen molar-refractivity contribution in [3.63, 3.8) is 0 Å². The third-order valence-electron chi connectivity index (χ3n) is 4.04. The van der Waals surface area contributed by atoms with Gasteiger partial charge < -0.3 is 4.74 Å². The van der Waals surface area contributed by atoms with Gasteiger partial charge in [0.15, 0.2) is 5.78 Å². The lowest BCUT2D eigenvalue weighted by Crippen LogP contribution is -2.42. The van der Waals surface area contributed by atoms with Crippen LogP contribution in [0.4, 0.5) is 0 Å². The summed E-state index contributed by atoms with van der Waals surface area (Å²) in [4.78, 5) is 12.6. The van der Waals surface area contributed by atoms with Crippen LogP contribution >= 0.6 is 34.4 Å². The maximum Gasteiger partial charge on any atom is 0.166 e. The van der Waals surface area contributed by atoms with Crippen molar-refractivity contribution < 1.29 is 9.53 Å². The summed E-state index contributed by atoms with van der Waals surface area (Å²) in [6, 6.07) is 7.93. The zero-order valence-electron chi connectivity index (χ0n) is 10.7. The number of Topliss-reactive ketones (excluding diaryl/α,β-unsaturated/α-hetero) is 1. The highest BCUT2D eigenvalue weighted by Crippen LogP contribution is 2.41. The van der Waals surface area contributed by atoms with Gasteiger partial charge in [-0.05, 0) is 59.7 Å². The summed E-state index contributed by atoms with van der Waals surface area (Å²) in [7, 11) is 0. The van der Waals surface area contributed by atoms with E-state index in [-0.39, 0.29) is 11.5 Å². The van der Waals surface area contributed by atoms with Crippen LogP contribution in [-0.4, -0.2) is 29.5 Å². The number of ketones is 1. The lowest BCUT2D eigenvalue weighted by atomic mass is 9.81. The number of halogens is 1. The smallest absolute Gasteiger partial charge is 0.166 e. The molecule has 3 rings (SSSR count). The van der Waals surface area contributed by atoms with Crippen molar-refractivity contribution in [3.05, 3.63) is 33.4 Å². The van der Waals surface area contributed by atoms with Crippen LogP contribution in [0, 0.1) is 9.49 Å². The lowest BCUT2D eigenvalue weighted by Gasteiger charge is -2.37. The van der Waals surface area contributed by atoms with E-state index in [2.05, 4.69) is 22.6 Å². The molecule has 2 unspecified atom stereocenters. The summed E-state index contributed by atoms with van der Waals surface area (Å²) in [6.45, 7) is 0.737. The van der Waals surface area contributed by atoms with Gasteiger partial charge in [-0.3, -0.25) is 4.79 Å². The Kier molecular flexibility index (Phi) is 4.19. The van der Waals surface area contributed by atoms with E-state index in [1.54, 1.807) is 0 Å². The van der Waals surface area contributed by atoms with E-state index in [0.717, 1.165) is 40.8 Å². The molecule has 4 heteroatoms. The first-order chi connectivity index (χ1) is 9.19. The van der Waals surface area contributed by atoms with Gasteiger partial charge in [0, 0.05) is 27.4 Å². The lowest BCUT2D eigenvalue weighted by molar-refractivity contribution is -0.0734. The van der Waals surface area contributed by atoms with Crippen molar-refractivity contribution in [1.29, 1.82) is 0 Å². The average molecular weight is 388 g/mol. The molecule has 1 aromatic rings. The summed E-state index contributed by atoms with van der Waals surface area (Å²) in [6.07, 6.45) is 2.88. The zero-order chi connectivity index (χ0) is 13.3. The number of hydrogen-bond acceptors (Lipinski definition) is 3. The molecule has 2 aliphatic rings. The number of hydrogen-bond donors (Lipinski definition) is 0. The van der Waals surface area contributed by atoms with Crippen LogP contribution in [0.15, 0.2) is 24.3 Å². The van der Waals surface area contributed by atoms with Crippen LogP contribution in [0.2, 0.25) is 0 Å². The molecule has 0 aliphatic carbocycles. The van der Waals surface area contributed by atoms with E-state index < -0.39 is 0 Å². The minimum atomic E-state index is -0.00875. The molecule has 1 spiro atoms. The van der Waals surface area contributed by atoms with Gasteiger partial charge in [-0.25, -0.2) is 0 Å². The highest BCUT2D eigenvalue weighted by atomic mass is 127. The van der Waals surface area contributed by atoms with Crippen LogP contribution in [0.25, 0.3) is 0 Å². The third-order valence-corrected chi connectivity index (χ3v) is 5.93. The maximum absolute atomic E-state index is 12.6. The fourth-order valence-electron chi connectivity index (χ4n) is 2.99. The molecule has 2 atom stereocenters. The second-order valence-corrected chi connectivity index (χ2v) is 7.75. The molecule has 2 nitrogen and oxygen atoms in total. The first-order valence-corrected chi connectivity index (χ1v) is 8.93. The van der Waals surface area contributed by atoms with E-state index in [1.807, 2.05) is 36.0 Å². The molecular weight excluding hydrogens is 371 g/mol. The Hall–Kier alpha value is -0.0700. The topological polar surface area (TPSA) is 26.3 Å². The van der Waals surface area contributed by atoms with Gasteiger partial charge in [0.1, 0.15) is 0 Å². The van der Waals surface area contributed by atoms with Crippen LogP contribution < -0.4 is 0 Å². The summed E-state index contributed by atoms with van der Waals surface area (Å²) in [5.41, 5.74) is 0.852. The fourth-order valence-corrected chi connectivity index (χ4v) is 4.91. The molecule has 2 heterocycles. The van der Waals surface area contributed by atoms with Crippen molar-refractivity contribution in [3.8, 4) is 0 Å². The van der Waals surface area contributed by atoms with Crippen LogP contribution in [0.3, 0.4) is 0 Å². The van der Waals surface area contributed by atoms with Gasteiger partial charge in [-0.2, -0.15) is 11.8 Å². The normalized spacial score (nSPS) is 30.7. The molecule has 0 N–H and O–H groups in total. The van der Waals surface area contributed by atoms with Crippen LogP contribution in [0.1, 0.15) is 29.6 Å². The van der Waals surface area contributed by atoms with Crippen molar-refractivity contribution in [2.24, 2.45) is 5.92 Å². The largest absolute Gasteiger partial charge is 0.374 e. The van der Waals surface area contributed by atoms with Gasteiger partial charge in [0.2, 0.25) is 0 Å². The number of carbonyl (C=O) groups is 1. The van der Waals surface area contributed by atoms with Crippen molar-refractivity contribution in [2.45, 2.75) is 24.9 Å². The van der Waals surface area contributed by atoms with E-state index in [1.165, 1.54) is 5.75 Å². The second kappa shape index (κ2) is 5.74. The Balaban J connectivity index is 1.76. The Morgan fingerprint density at radius 1 is 1.47 bits per heavy atom. The van der Waals surface area contributed by atoms with Gasteiger partial charge >= 0.3 is 0 Å². The molecular formula is C15H17IO2S. The Bertz CT molecular complexity index is 483. The zero-order valence-corrected chi connectivity index (χ0v) is 13.7. The average Bonchev–Trinajstić information content (AvgIpc) is 2.86. The first-order valence-electron chi connectivity index (χ1n) is 6.70. The van der Waals surface area contributed by atoms with Crippen LogP contribution in [-0.2, 0) is 4.74 Å². The molecule has 0 bridgehead atoms. The van der Waals surface area contributed by atoms with Crippen LogP contribution in [0.5, 0.6) is 0 Å². The molecule has 0 radical (unpaired) electrons. The highest BCUT2D eigenvalue weighted by molar-refractivity contribution is 14.1. The molecule has 0 amide bonds. The quantitative estimate of drug-likeness (QED) is 0.570. The molecule has 2 saturated heterocycles. The summed E-state index contributed by atoms with van der Waals surface area (Å²) >= 11 is 4.21. The van der Waals surface area contributed by atoms with Crippen molar-refractivity contribution in [1.82, 2.24) is 0 Å². The van der Waals surface area contributed by atoms with E-state index in [9.17, 15) is 4.79 Å². The molecule has 2 aliphatic heterocycles. The van der Waals surface area contributed by atoms with Gasteiger partial charge in [0.25, 0.3) is 0 Å².